The number of amides is 2. The number of rotatable bonds is 5. The number of nitrogens with one attached hydrogen (secondary N) is 1. The zero-order valence-corrected chi connectivity index (χ0v) is 15.5. The Balaban J connectivity index is 2.68. The van der Waals surface area contributed by atoms with Gasteiger partial charge in [-0.2, -0.15) is 0 Å². The van der Waals surface area contributed by atoms with E-state index in [1.165, 1.54) is 0 Å². The largest absolute Gasteiger partial charge is 0.444 e. The number of hydrogen-bond donors (Lipinski definition) is 3. The van der Waals surface area contributed by atoms with Crippen molar-refractivity contribution in [3.05, 3.63) is 0 Å². The molecule has 7 nitrogen and oxygen atoms in total. The number of piperidine rings is 1. The number of carbonyl (C=O) groups excluding carboxylic acids is 2. The van der Waals surface area contributed by atoms with Crippen LogP contribution < -0.4 is 5.32 Å². The topological polar surface area (TPSA) is 99.1 Å². The SMILES string of the molecule is C[C@@H]1[C@H](C(=O)NCC(C)(CO)CO)CCCN1C(=O)OC(C)(C)C. The summed E-state index contributed by atoms with van der Waals surface area (Å²) in [7, 11) is 0. The van der Waals surface area contributed by atoms with Crippen molar-refractivity contribution in [2.45, 2.75) is 59.1 Å². The average molecular weight is 344 g/mol. The van der Waals surface area contributed by atoms with Gasteiger partial charge in [0.2, 0.25) is 5.91 Å². The van der Waals surface area contributed by atoms with Crippen LogP contribution in [0.1, 0.15) is 47.5 Å². The van der Waals surface area contributed by atoms with E-state index in [1.54, 1.807) is 11.8 Å². The molecular weight excluding hydrogens is 312 g/mol. The Morgan fingerprint density at radius 2 is 1.79 bits per heavy atom. The van der Waals surface area contributed by atoms with E-state index in [0.29, 0.717) is 13.0 Å². The highest BCUT2D eigenvalue weighted by Crippen LogP contribution is 2.26. The maximum Gasteiger partial charge on any atom is 0.410 e. The minimum Gasteiger partial charge on any atom is -0.444 e. The third-order valence-corrected chi connectivity index (χ3v) is 4.41. The van der Waals surface area contributed by atoms with Gasteiger partial charge in [-0.3, -0.25) is 4.79 Å². The molecule has 0 spiro atoms. The van der Waals surface area contributed by atoms with Gasteiger partial charge in [0, 0.05) is 24.5 Å². The molecule has 0 aromatic carbocycles. The molecule has 24 heavy (non-hydrogen) atoms. The predicted octanol–water partition coefficient (Wildman–Crippen LogP) is 1.13. The predicted molar refractivity (Wildman–Crippen MR) is 90.4 cm³/mol. The normalized spacial score (nSPS) is 22.2. The maximum atomic E-state index is 12.5. The fourth-order valence-electron chi connectivity index (χ4n) is 2.67. The molecule has 7 heteroatoms. The summed E-state index contributed by atoms with van der Waals surface area (Å²) in [5.74, 6) is -0.489. The molecule has 1 heterocycles. The quantitative estimate of drug-likeness (QED) is 0.694. The van der Waals surface area contributed by atoms with Crippen LogP contribution in [-0.2, 0) is 9.53 Å². The Kier molecular flexibility index (Phi) is 7.04. The molecule has 3 N–H and O–H groups in total. The Hall–Kier alpha value is -1.34. The van der Waals surface area contributed by atoms with E-state index in [-0.39, 0.29) is 37.6 Å². The van der Waals surface area contributed by atoms with Gasteiger partial charge in [0.05, 0.1) is 19.1 Å². The second kappa shape index (κ2) is 8.16. The molecule has 0 aromatic rings. The summed E-state index contributed by atoms with van der Waals surface area (Å²) in [4.78, 5) is 26.4. The molecule has 2 atom stereocenters. The Labute approximate surface area is 144 Å². The van der Waals surface area contributed by atoms with Crippen molar-refractivity contribution in [2.75, 3.05) is 26.3 Å². The lowest BCUT2D eigenvalue weighted by Crippen LogP contribution is -2.53. The third-order valence-electron chi connectivity index (χ3n) is 4.41. The minimum atomic E-state index is -0.752. The van der Waals surface area contributed by atoms with Crippen LogP contribution >= 0.6 is 0 Å². The van der Waals surface area contributed by atoms with Gasteiger partial charge in [0.15, 0.2) is 0 Å². The first kappa shape index (κ1) is 20.7. The van der Waals surface area contributed by atoms with Gasteiger partial charge in [-0.25, -0.2) is 4.79 Å². The molecule has 0 unspecified atom stereocenters. The van der Waals surface area contributed by atoms with Crippen molar-refractivity contribution in [2.24, 2.45) is 11.3 Å². The Bertz CT molecular complexity index is 443. The van der Waals surface area contributed by atoms with E-state index in [4.69, 9.17) is 4.74 Å². The molecule has 2 amide bonds. The second-order valence-electron chi connectivity index (χ2n) is 8.01. The van der Waals surface area contributed by atoms with Crippen LogP contribution in [0, 0.1) is 11.3 Å². The lowest BCUT2D eigenvalue weighted by molar-refractivity contribution is -0.129. The third kappa shape index (κ3) is 5.63. The molecule has 1 fully saturated rings. The molecule has 1 aliphatic heterocycles. The molecule has 0 bridgehead atoms. The van der Waals surface area contributed by atoms with Gasteiger partial charge >= 0.3 is 6.09 Å². The summed E-state index contributed by atoms with van der Waals surface area (Å²) in [6.07, 6.45) is 1.03. The summed E-state index contributed by atoms with van der Waals surface area (Å²) in [5.41, 5.74) is -1.32. The first-order valence-corrected chi connectivity index (χ1v) is 8.52. The number of aliphatic hydroxyl groups excluding tert-OH is 2. The minimum absolute atomic E-state index is 0.163. The smallest absolute Gasteiger partial charge is 0.410 e. The molecule has 1 saturated heterocycles. The van der Waals surface area contributed by atoms with Gasteiger partial charge in [0.1, 0.15) is 5.60 Å². The first-order valence-electron chi connectivity index (χ1n) is 8.52. The lowest BCUT2D eigenvalue weighted by Gasteiger charge is -2.39. The van der Waals surface area contributed by atoms with Gasteiger partial charge in [-0.1, -0.05) is 6.92 Å². The van der Waals surface area contributed by atoms with Crippen LogP contribution in [0.25, 0.3) is 0 Å². The fourth-order valence-corrected chi connectivity index (χ4v) is 2.67. The van der Waals surface area contributed by atoms with E-state index >= 15 is 0 Å². The van der Waals surface area contributed by atoms with Crippen molar-refractivity contribution < 1.29 is 24.5 Å². The van der Waals surface area contributed by atoms with Gasteiger partial charge in [-0.05, 0) is 40.5 Å². The molecule has 140 valence electrons. The maximum absolute atomic E-state index is 12.5. The van der Waals surface area contributed by atoms with Crippen molar-refractivity contribution >= 4 is 12.0 Å². The highest BCUT2D eigenvalue weighted by atomic mass is 16.6. The van der Waals surface area contributed by atoms with Crippen LogP contribution in [-0.4, -0.2) is 65.1 Å². The number of nitrogens with zero attached hydrogens (tertiary/aromatic N) is 1. The monoisotopic (exact) mass is 344 g/mol. The van der Waals surface area contributed by atoms with Crippen molar-refractivity contribution in [3.63, 3.8) is 0 Å². The number of hydrogen-bond acceptors (Lipinski definition) is 5. The number of aliphatic hydroxyl groups is 2. The summed E-state index contributed by atoms with van der Waals surface area (Å²) in [5, 5.41) is 21.4. The second-order valence-corrected chi connectivity index (χ2v) is 8.01. The Morgan fingerprint density at radius 1 is 1.21 bits per heavy atom. The Morgan fingerprint density at radius 3 is 2.29 bits per heavy atom. The lowest BCUT2D eigenvalue weighted by atomic mass is 9.88. The molecule has 0 saturated carbocycles. The molecule has 1 rings (SSSR count). The van der Waals surface area contributed by atoms with Crippen LogP contribution in [0.3, 0.4) is 0 Å². The molecule has 0 aromatic heterocycles. The van der Waals surface area contributed by atoms with Gasteiger partial charge < -0.3 is 25.2 Å². The highest BCUT2D eigenvalue weighted by molar-refractivity contribution is 5.80. The summed E-state index contributed by atoms with van der Waals surface area (Å²) >= 11 is 0. The van der Waals surface area contributed by atoms with Gasteiger partial charge in [0.25, 0.3) is 0 Å². The summed E-state index contributed by atoms with van der Waals surface area (Å²) in [6, 6.07) is -0.261. The molecular formula is C17H32N2O5. The van der Waals surface area contributed by atoms with Crippen molar-refractivity contribution in [1.82, 2.24) is 10.2 Å². The zero-order valence-electron chi connectivity index (χ0n) is 15.5. The van der Waals surface area contributed by atoms with Crippen LogP contribution in [0.15, 0.2) is 0 Å². The van der Waals surface area contributed by atoms with Crippen LogP contribution in [0.5, 0.6) is 0 Å². The molecule has 0 aliphatic carbocycles. The molecule has 1 aliphatic rings. The van der Waals surface area contributed by atoms with E-state index in [2.05, 4.69) is 5.32 Å². The van der Waals surface area contributed by atoms with E-state index < -0.39 is 17.1 Å². The highest BCUT2D eigenvalue weighted by Gasteiger charge is 2.37. The summed E-state index contributed by atoms with van der Waals surface area (Å²) in [6.45, 7) is 9.33. The van der Waals surface area contributed by atoms with Gasteiger partial charge in [-0.15, -0.1) is 0 Å². The van der Waals surface area contributed by atoms with E-state index in [9.17, 15) is 19.8 Å². The number of ether oxygens (including phenoxy) is 1. The summed E-state index contributed by atoms with van der Waals surface area (Å²) < 4.78 is 5.41. The van der Waals surface area contributed by atoms with E-state index in [0.717, 1.165) is 6.42 Å². The number of carbonyl (C=O) groups is 2. The first-order chi connectivity index (χ1) is 11.0. The zero-order chi connectivity index (χ0) is 18.5. The van der Waals surface area contributed by atoms with Crippen molar-refractivity contribution in [1.29, 1.82) is 0 Å². The van der Waals surface area contributed by atoms with Crippen LogP contribution in [0.4, 0.5) is 4.79 Å². The standard InChI is InChI=1S/C17H32N2O5/c1-12-13(14(22)18-9-17(5,10-20)11-21)7-6-8-19(12)15(23)24-16(2,3)4/h12-13,20-21H,6-11H2,1-5H3,(H,18,22)/t12-,13-/m1/s1. The average Bonchev–Trinajstić information content (AvgIpc) is 2.50. The molecule has 0 radical (unpaired) electrons. The van der Waals surface area contributed by atoms with Crippen molar-refractivity contribution in [3.8, 4) is 0 Å². The van der Waals surface area contributed by atoms with E-state index in [1.807, 2.05) is 27.7 Å². The fraction of sp³-hybridized carbons (Fsp3) is 0.882. The number of likely N-dealkylation sites (tertiary alicyclic amines) is 1. The van der Waals surface area contributed by atoms with Crippen LogP contribution in [0.2, 0.25) is 0 Å².